The van der Waals surface area contributed by atoms with Gasteiger partial charge in [-0.3, -0.25) is 24.0 Å². The highest BCUT2D eigenvalue weighted by Crippen LogP contribution is 2.14. The Balaban J connectivity index is 3.24. The van der Waals surface area contributed by atoms with Gasteiger partial charge >= 0.3 is 5.97 Å². The fraction of sp³-hybridized carbons (Fsp3) is 0.684. The van der Waals surface area contributed by atoms with Crippen LogP contribution in [0.2, 0.25) is 0 Å². The summed E-state index contributed by atoms with van der Waals surface area (Å²) in [5.74, 6) is -4.29. The molecule has 1 aromatic carbocycles. The van der Waals surface area contributed by atoms with Crippen molar-refractivity contribution in [3.05, 3.63) is 35.9 Å². The van der Waals surface area contributed by atoms with Crippen LogP contribution < -0.4 is 32.3 Å². The summed E-state index contributed by atoms with van der Waals surface area (Å²) in [5, 5.41) is 23.5. The van der Waals surface area contributed by atoms with Crippen LogP contribution in [0, 0.1) is 29.6 Å². The summed E-state index contributed by atoms with van der Waals surface area (Å²) in [6.45, 7) is 18.3. The molecule has 0 fully saturated rings. The molecule has 288 valence electrons. The summed E-state index contributed by atoms with van der Waals surface area (Å²) in [5.41, 5.74) is 7.48. The van der Waals surface area contributed by atoms with Crippen molar-refractivity contribution in [2.24, 2.45) is 35.3 Å². The smallest absolute Gasteiger partial charge is 0.326 e. The molecule has 8 N–H and O–H groups in total. The first-order valence-electron chi connectivity index (χ1n) is 18.3. The number of amides is 5. The van der Waals surface area contributed by atoms with Crippen molar-refractivity contribution < 1.29 is 33.9 Å². The Kier molecular flexibility index (Phi) is 19.5. The fourth-order valence-corrected chi connectivity index (χ4v) is 5.61. The largest absolute Gasteiger partial charge is 0.480 e. The second kappa shape index (κ2) is 22.0. The number of hydrogen-bond donors (Lipinski definition) is 7. The van der Waals surface area contributed by atoms with E-state index in [1.165, 1.54) is 0 Å². The molecular weight excluding hydrogens is 652 g/mol. The molecule has 0 heterocycles. The molecule has 5 amide bonds. The highest BCUT2D eigenvalue weighted by atomic mass is 16.4. The topological polar surface area (TPSA) is 209 Å². The van der Waals surface area contributed by atoms with Crippen molar-refractivity contribution in [1.82, 2.24) is 26.6 Å². The van der Waals surface area contributed by atoms with E-state index in [1.54, 1.807) is 34.6 Å². The third-order valence-electron chi connectivity index (χ3n) is 8.81. The van der Waals surface area contributed by atoms with Crippen LogP contribution in [0.4, 0.5) is 0 Å². The standard InChI is InChI=1S/C38H64N6O7/c1-11-25(10)34(37(49)44-33(24(8)9)38(50)51)42-31(46)20-27(39)28(19-26-15-13-12-14-16-26)41-36(48)32(23(6)7)43-35(47)29(17-21(2)3)40-30(45)18-22(4)5/h12-16,21-25,27-29,32-34H,11,17-20,39H2,1-10H3,(H,40,45)(H,41,48)(H,42,46)(H,43,47)(H,44,49)(H,50,51)/t25-,27-,28-,29?,32?,33?,34-/m0/s1. The number of benzene rings is 1. The molecule has 3 unspecified atom stereocenters. The Morgan fingerprint density at radius 1 is 0.647 bits per heavy atom. The summed E-state index contributed by atoms with van der Waals surface area (Å²) in [6, 6.07) is 3.76. The van der Waals surface area contributed by atoms with Crippen LogP contribution >= 0.6 is 0 Å². The van der Waals surface area contributed by atoms with Crippen LogP contribution in [0.5, 0.6) is 0 Å². The van der Waals surface area contributed by atoms with Gasteiger partial charge in [0.15, 0.2) is 0 Å². The zero-order valence-corrected chi connectivity index (χ0v) is 32.2. The monoisotopic (exact) mass is 716 g/mol. The molecule has 1 aromatic rings. The van der Waals surface area contributed by atoms with Gasteiger partial charge in [0.05, 0.1) is 0 Å². The second-order valence-corrected chi connectivity index (χ2v) is 15.2. The maximum absolute atomic E-state index is 13.9. The number of rotatable bonds is 22. The van der Waals surface area contributed by atoms with E-state index >= 15 is 0 Å². The normalized spacial score (nSPS) is 15.7. The second-order valence-electron chi connectivity index (χ2n) is 15.2. The van der Waals surface area contributed by atoms with Crippen molar-refractivity contribution in [2.75, 3.05) is 0 Å². The molecule has 0 radical (unpaired) electrons. The van der Waals surface area contributed by atoms with Gasteiger partial charge in [-0.25, -0.2) is 4.79 Å². The van der Waals surface area contributed by atoms with E-state index in [-0.39, 0.29) is 54.8 Å². The van der Waals surface area contributed by atoms with E-state index in [1.807, 2.05) is 65.0 Å². The van der Waals surface area contributed by atoms with Crippen molar-refractivity contribution in [3.8, 4) is 0 Å². The minimum absolute atomic E-state index is 0.102. The predicted molar refractivity (Wildman–Crippen MR) is 198 cm³/mol. The number of nitrogens with two attached hydrogens (primary N) is 1. The van der Waals surface area contributed by atoms with Gasteiger partial charge in [-0.15, -0.1) is 0 Å². The molecule has 0 aliphatic heterocycles. The number of aliphatic carboxylic acids is 1. The maximum Gasteiger partial charge on any atom is 0.326 e. The number of nitrogens with one attached hydrogen (secondary N) is 5. The van der Waals surface area contributed by atoms with E-state index in [9.17, 15) is 33.9 Å². The molecule has 0 saturated heterocycles. The van der Waals surface area contributed by atoms with Gasteiger partial charge in [0.25, 0.3) is 0 Å². The van der Waals surface area contributed by atoms with Crippen LogP contribution in [0.25, 0.3) is 0 Å². The van der Waals surface area contributed by atoms with Gasteiger partial charge in [-0.1, -0.05) is 106 Å². The fourth-order valence-electron chi connectivity index (χ4n) is 5.61. The zero-order chi connectivity index (χ0) is 39.0. The maximum atomic E-state index is 13.9. The van der Waals surface area contributed by atoms with Crippen molar-refractivity contribution in [2.45, 2.75) is 138 Å². The summed E-state index contributed by atoms with van der Waals surface area (Å²) < 4.78 is 0. The Labute approximate surface area is 304 Å². The highest BCUT2D eigenvalue weighted by molar-refractivity contribution is 5.93. The molecule has 0 saturated carbocycles. The molecule has 0 spiro atoms. The highest BCUT2D eigenvalue weighted by Gasteiger charge is 2.34. The SMILES string of the molecule is CC[C@H](C)[C@H](NC(=O)C[C@H](N)[C@H](Cc1ccccc1)NC(=O)C(NC(=O)C(CC(C)C)NC(=O)CC(C)C)C(C)C)C(=O)NC(C(=O)O)C(C)C. The van der Waals surface area contributed by atoms with E-state index in [2.05, 4.69) is 26.6 Å². The minimum Gasteiger partial charge on any atom is -0.480 e. The lowest BCUT2D eigenvalue weighted by molar-refractivity contribution is -0.143. The molecule has 0 aliphatic carbocycles. The Morgan fingerprint density at radius 3 is 1.67 bits per heavy atom. The van der Waals surface area contributed by atoms with Gasteiger partial charge in [-0.05, 0) is 48.0 Å². The van der Waals surface area contributed by atoms with E-state index in [0.29, 0.717) is 12.8 Å². The van der Waals surface area contributed by atoms with Gasteiger partial charge in [0.2, 0.25) is 29.5 Å². The summed E-state index contributed by atoms with van der Waals surface area (Å²) in [6.07, 6.45) is 1.24. The molecule has 51 heavy (non-hydrogen) atoms. The average Bonchev–Trinajstić information content (AvgIpc) is 3.02. The summed E-state index contributed by atoms with van der Waals surface area (Å²) in [4.78, 5) is 78.3. The van der Waals surface area contributed by atoms with Gasteiger partial charge in [-0.2, -0.15) is 0 Å². The quantitative estimate of drug-likeness (QED) is 0.0947. The minimum atomic E-state index is -1.17. The summed E-state index contributed by atoms with van der Waals surface area (Å²) >= 11 is 0. The Bertz CT molecular complexity index is 1290. The van der Waals surface area contributed by atoms with E-state index < -0.39 is 65.8 Å². The molecular formula is C38H64N6O7. The first-order valence-corrected chi connectivity index (χ1v) is 18.3. The third kappa shape index (κ3) is 16.3. The van der Waals surface area contributed by atoms with Crippen LogP contribution in [-0.4, -0.2) is 76.9 Å². The van der Waals surface area contributed by atoms with Crippen molar-refractivity contribution >= 4 is 35.5 Å². The first-order chi connectivity index (χ1) is 23.8. The van der Waals surface area contributed by atoms with Crippen LogP contribution in [-0.2, 0) is 35.2 Å². The number of carbonyl (C=O) groups excluding carboxylic acids is 5. The lowest BCUT2D eigenvalue weighted by atomic mass is 9.94. The van der Waals surface area contributed by atoms with Crippen LogP contribution in [0.15, 0.2) is 30.3 Å². The van der Waals surface area contributed by atoms with Crippen molar-refractivity contribution in [3.63, 3.8) is 0 Å². The molecule has 1 rings (SSSR count). The van der Waals surface area contributed by atoms with E-state index in [0.717, 1.165) is 5.56 Å². The zero-order valence-electron chi connectivity index (χ0n) is 32.2. The number of carboxylic acids is 1. The molecule has 13 nitrogen and oxygen atoms in total. The Hall–Kier alpha value is -4.00. The number of hydrogen-bond acceptors (Lipinski definition) is 7. The first kappa shape index (κ1) is 45.0. The van der Waals surface area contributed by atoms with Gasteiger partial charge < -0.3 is 37.4 Å². The lowest BCUT2D eigenvalue weighted by Crippen LogP contribution is -2.60. The lowest BCUT2D eigenvalue weighted by Gasteiger charge is -2.31. The van der Waals surface area contributed by atoms with Gasteiger partial charge in [0.1, 0.15) is 24.2 Å². The van der Waals surface area contributed by atoms with Gasteiger partial charge in [0, 0.05) is 24.9 Å². The van der Waals surface area contributed by atoms with Crippen molar-refractivity contribution in [1.29, 1.82) is 0 Å². The predicted octanol–water partition coefficient (Wildman–Crippen LogP) is 2.91. The van der Waals surface area contributed by atoms with E-state index in [4.69, 9.17) is 5.73 Å². The number of carbonyl (C=O) groups is 6. The van der Waals surface area contributed by atoms with Crippen LogP contribution in [0.1, 0.15) is 100 Å². The molecule has 0 aromatic heterocycles. The van der Waals surface area contributed by atoms with Crippen LogP contribution in [0.3, 0.4) is 0 Å². The molecule has 0 aliphatic rings. The molecule has 0 bridgehead atoms. The third-order valence-corrected chi connectivity index (χ3v) is 8.81. The number of carboxylic acid groups (broad SMARTS) is 1. The Morgan fingerprint density at radius 2 is 1.18 bits per heavy atom. The molecule has 13 heteroatoms. The average molecular weight is 717 g/mol. The molecule has 7 atom stereocenters. The summed E-state index contributed by atoms with van der Waals surface area (Å²) in [7, 11) is 0.